The molecule has 1 atom stereocenters. The fourth-order valence-corrected chi connectivity index (χ4v) is 2.80. The van der Waals surface area contributed by atoms with Gasteiger partial charge in [0.05, 0.1) is 13.0 Å². The number of benzene rings is 1. The molecule has 28 heavy (non-hydrogen) atoms. The van der Waals surface area contributed by atoms with Crippen molar-refractivity contribution in [3.63, 3.8) is 0 Å². The number of carbonyl (C=O) groups excluding carboxylic acids is 3. The highest BCUT2D eigenvalue weighted by molar-refractivity contribution is 5.76. The molecule has 8 heteroatoms. The van der Waals surface area contributed by atoms with Crippen molar-refractivity contribution >= 4 is 18.2 Å². The van der Waals surface area contributed by atoms with Gasteiger partial charge in [-0.1, -0.05) is 30.3 Å². The summed E-state index contributed by atoms with van der Waals surface area (Å²) in [6.45, 7) is 6.15. The predicted molar refractivity (Wildman–Crippen MR) is 102 cm³/mol. The monoisotopic (exact) mass is 392 g/mol. The van der Waals surface area contributed by atoms with Crippen LogP contribution in [0, 0.1) is 5.92 Å². The SMILES string of the molecule is COC(=O)C1CN(C(=O)OCc2ccccc2)CCN(C(=O)OC(C)(C)C)C1. The van der Waals surface area contributed by atoms with Crippen LogP contribution >= 0.6 is 0 Å². The summed E-state index contributed by atoms with van der Waals surface area (Å²) in [6, 6.07) is 9.32. The van der Waals surface area contributed by atoms with Crippen molar-refractivity contribution in [2.45, 2.75) is 33.0 Å². The lowest BCUT2D eigenvalue weighted by Crippen LogP contribution is -2.41. The van der Waals surface area contributed by atoms with Crippen molar-refractivity contribution in [1.29, 1.82) is 0 Å². The minimum atomic E-state index is -0.677. The highest BCUT2D eigenvalue weighted by Crippen LogP contribution is 2.17. The molecular weight excluding hydrogens is 364 g/mol. The number of hydrogen-bond donors (Lipinski definition) is 0. The number of rotatable bonds is 3. The summed E-state index contributed by atoms with van der Waals surface area (Å²) in [7, 11) is 1.28. The van der Waals surface area contributed by atoms with Crippen molar-refractivity contribution in [3.8, 4) is 0 Å². The van der Waals surface area contributed by atoms with Crippen molar-refractivity contribution in [1.82, 2.24) is 9.80 Å². The van der Waals surface area contributed by atoms with E-state index < -0.39 is 29.7 Å². The van der Waals surface area contributed by atoms with Crippen LogP contribution in [0.3, 0.4) is 0 Å². The predicted octanol–water partition coefficient (Wildman–Crippen LogP) is 2.67. The zero-order valence-electron chi connectivity index (χ0n) is 16.8. The van der Waals surface area contributed by atoms with E-state index in [-0.39, 0.29) is 32.8 Å². The van der Waals surface area contributed by atoms with Crippen LogP contribution in [0.2, 0.25) is 0 Å². The van der Waals surface area contributed by atoms with Crippen LogP contribution in [0.15, 0.2) is 30.3 Å². The molecule has 0 bridgehead atoms. The first-order chi connectivity index (χ1) is 13.2. The Morgan fingerprint density at radius 3 is 2.11 bits per heavy atom. The average Bonchev–Trinajstić information content (AvgIpc) is 2.88. The van der Waals surface area contributed by atoms with Crippen LogP contribution in [0.5, 0.6) is 0 Å². The minimum Gasteiger partial charge on any atom is -0.469 e. The van der Waals surface area contributed by atoms with Gasteiger partial charge in [0, 0.05) is 26.2 Å². The number of ether oxygens (including phenoxy) is 3. The number of nitrogens with zero attached hydrogens (tertiary/aromatic N) is 2. The maximum atomic E-state index is 12.5. The molecule has 0 spiro atoms. The molecule has 1 aromatic rings. The Kier molecular flexibility index (Phi) is 7.25. The summed E-state index contributed by atoms with van der Waals surface area (Å²) in [6.07, 6.45) is -1.07. The second kappa shape index (κ2) is 9.43. The van der Waals surface area contributed by atoms with Crippen molar-refractivity contribution in [3.05, 3.63) is 35.9 Å². The summed E-state index contributed by atoms with van der Waals surface area (Å²) in [5.74, 6) is -1.17. The van der Waals surface area contributed by atoms with Gasteiger partial charge >= 0.3 is 18.2 Å². The first kappa shape index (κ1) is 21.5. The van der Waals surface area contributed by atoms with E-state index in [2.05, 4.69) is 0 Å². The van der Waals surface area contributed by atoms with Crippen molar-refractivity contribution < 1.29 is 28.6 Å². The molecule has 0 saturated carbocycles. The minimum absolute atomic E-state index is 0.111. The van der Waals surface area contributed by atoms with E-state index in [1.54, 1.807) is 20.8 Å². The summed E-state index contributed by atoms with van der Waals surface area (Å²) in [4.78, 5) is 39.9. The highest BCUT2D eigenvalue weighted by Gasteiger charge is 2.34. The summed E-state index contributed by atoms with van der Waals surface area (Å²) in [5.41, 5.74) is 0.212. The number of esters is 1. The molecule has 1 aromatic carbocycles. The van der Waals surface area contributed by atoms with Gasteiger partial charge in [-0.25, -0.2) is 9.59 Å². The van der Waals surface area contributed by atoms with Crippen molar-refractivity contribution in [2.24, 2.45) is 5.92 Å². The van der Waals surface area contributed by atoms with E-state index in [0.29, 0.717) is 0 Å². The van der Waals surface area contributed by atoms with Gasteiger partial charge < -0.3 is 24.0 Å². The van der Waals surface area contributed by atoms with Gasteiger partial charge in [0.1, 0.15) is 12.2 Å². The Labute approximate surface area is 165 Å². The quantitative estimate of drug-likeness (QED) is 0.581. The molecular formula is C20H28N2O6. The van der Waals surface area contributed by atoms with Gasteiger partial charge in [0.2, 0.25) is 0 Å². The first-order valence-electron chi connectivity index (χ1n) is 9.21. The van der Waals surface area contributed by atoms with Crippen LogP contribution in [0.4, 0.5) is 9.59 Å². The molecule has 154 valence electrons. The van der Waals surface area contributed by atoms with Gasteiger partial charge in [0.15, 0.2) is 0 Å². The van der Waals surface area contributed by atoms with E-state index in [1.807, 2.05) is 30.3 Å². The second-order valence-corrected chi connectivity index (χ2v) is 7.63. The molecule has 1 unspecified atom stereocenters. The Balaban J connectivity index is 2.04. The third kappa shape index (κ3) is 6.44. The average molecular weight is 392 g/mol. The van der Waals surface area contributed by atoms with E-state index in [9.17, 15) is 14.4 Å². The molecule has 0 radical (unpaired) electrons. The molecule has 1 aliphatic rings. The first-order valence-corrected chi connectivity index (χ1v) is 9.21. The zero-order chi connectivity index (χ0) is 20.7. The van der Waals surface area contributed by atoms with E-state index in [0.717, 1.165) is 5.56 Å². The third-order valence-corrected chi connectivity index (χ3v) is 4.17. The van der Waals surface area contributed by atoms with Gasteiger partial charge in [-0.2, -0.15) is 0 Å². The molecule has 1 heterocycles. The highest BCUT2D eigenvalue weighted by atomic mass is 16.6. The number of hydrogen-bond acceptors (Lipinski definition) is 6. The zero-order valence-corrected chi connectivity index (χ0v) is 16.8. The molecule has 2 rings (SSSR count). The Morgan fingerprint density at radius 2 is 1.57 bits per heavy atom. The Hall–Kier alpha value is -2.77. The largest absolute Gasteiger partial charge is 0.469 e. The molecule has 0 aliphatic carbocycles. The fraction of sp³-hybridized carbons (Fsp3) is 0.550. The summed E-state index contributed by atoms with van der Waals surface area (Å²) in [5, 5.41) is 0. The summed E-state index contributed by atoms with van der Waals surface area (Å²) >= 11 is 0. The van der Waals surface area contributed by atoms with Crippen LogP contribution in [-0.2, 0) is 25.6 Å². The second-order valence-electron chi connectivity index (χ2n) is 7.63. The number of carbonyl (C=O) groups is 3. The van der Waals surface area contributed by atoms with E-state index in [1.165, 1.54) is 16.9 Å². The van der Waals surface area contributed by atoms with Crippen molar-refractivity contribution in [2.75, 3.05) is 33.3 Å². The molecule has 2 amide bonds. The molecule has 0 N–H and O–H groups in total. The normalized spacial score (nSPS) is 17.5. The maximum Gasteiger partial charge on any atom is 0.410 e. The lowest BCUT2D eigenvalue weighted by molar-refractivity contribution is -0.146. The van der Waals surface area contributed by atoms with Crippen LogP contribution in [0.1, 0.15) is 26.3 Å². The van der Waals surface area contributed by atoms with E-state index in [4.69, 9.17) is 14.2 Å². The Bertz CT molecular complexity index is 686. The molecule has 0 aromatic heterocycles. The lowest BCUT2D eigenvalue weighted by atomic mass is 10.1. The van der Waals surface area contributed by atoms with Gasteiger partial charge in [0.25, 0.3) is 0 Å². The van der Waals surface area contributed by atoms with Gasteiger partial charge in [-0.05, 0) is 26.3 Å². The Morgan fingerprint density at radius 1 is 1.00 bits per heavy atom. The van der Waals surface area contributed by atoms with Gasteiger partial charge in [-0.3, -0.25) is 4.79 Å². The number of amides is 2. The van der Waals surface area contributed by atoms with Gasteiger partial charge in [-0.15, -0.1) is 0 Å². The van der Waals surface area contributed by atoms with Crippen LogP contribution in [-0.4, -0.2) is 66.8 Å². The fourth-order valence-electron chi connectivity index (χ4n) is 2.80. The molecule has 1 fully saturated rings. The topological polar surface area (TPSA) is 85.4 Å². The summed E-state index contributed by atoms with van der Waals surface area (Å²) < 4.78 is 15.6. The van der Waals surface area contributed by atoms with Crippen LogP contribution < -0.4 is 0 Å². The van der Waals surface area contributed by atoms with E-state index >= 15 is 0 Å². The third-order valence-electron chi connectivity index (χ3n) is 4.17. The number of methoxy groups -OCH3 is 1. The molecule has 1 saturated heterocycles. The standard InChI is InChI=1S/C20H28N2O6/c1-20(2,3)28-19(25)22-11-10-21(12-16(13-22)17(23)26-4)18(24)27-14-15-8-6-5-7-9-15/h5-9,16H,10-14H2,1-4H3. The smallest absolute Gasteiger partial charge is 0.410 e. The lowest BCUT2D eigenvalue weighted by Gasteiger charge is -2.27. The molecule has 8 nitrogen and oxygen atoms in total. The van der Waals surface area contributed by atoms with Crippen LogP contribution in [0.25, 0.3) is 0 Å². The maximum absolute atomic E-state index is 12.5. The molecule has 1 aliphatic heterocycles.